The molecule has 1 saturated heterocycles. The summed E-state index contributed by atoms with van der Waals surface area (Å²) in [5.74, 6) is 1.72. The Labute approximate surface area is 124 Å². The van der Waals surface area contributed by atoms with Gasteiger partial charge in [-0.25, -0.2) is 0 Å². The lowest BCUT2D eigenvalue weighted by Gasteiger charge is -2.24. The lowest BCUT2D eigenvalue weighted by Crippen LogP contribution is -2.45. The minimum atomic E-state index is 0.570. The first-order chi connectivity index (χ1) is 9.69. The maximum absolute atomic E-state index is 4.35. The molecule has 0 aromatic heterocycles. The van der Waals surface area contributed by atoms with Gasteiger partial charge in [0.15, 0.2) is 5.96 Å². The predicted octanol–water partition coefficient (Wildman–Crippen LogP) is 2.21. The van der Waals surface area contributed by atoms with Gasteiger partial charge in [0.05, 0.1) is 0 Å². The summed E-state index contributed by atoms with van der Waals surface area (Å²) in [5, 5.41) is 7.02. The number of aliphatic imine (C=N–C) groups is 1. The number of nitrogens with zero attached hydrogens (tertiary/aromatic N) is 2. The van der Waals surface area contributed by atoms with Crippen LogP contribution < -0.4 is 10.6 Å². The fourth-order valence-electron chi connectivity index (χ4n) is 3.37. The van der Waals surface area contributed by atoms with Crippen molar-refractivity contribution in [3.05, 3.63) is 0 Å². The van der Waals surface area contributed by atoms with E-state index in [9.17, 15) is 0 Å². The second kappa shape index (κ2) is 7.87. The van der Waals surface area contributed by atoms with E-state index in [4.69, 9.17) is 0 Å². The van der Waals surface area contributed by atoms with Crippen LogP contribution in [0.25, 0.3) is 0 Å². The number of hydrogen-bond donors (Lipinski definition) is 2. The van der Waals surface area contributed by atoms with Gasteiger partial charge in [-0.1, -0.05) is 26.7 Å². The van der Waals surface area contributed by atoms with E-state index in [1.54, 1.807) is 0 Å². The van der Waals surface area contributed by atoms with E-state index in [0.29, 0.717) is 6.04 Å². The van der Waals surface area contributed by atoms with Gasteiger partial charge in [0.2, 0.25) is 0 Å². The van der Waals surface area contributed by atoms with Crippen molar-refractivity contribution >= 4 is 5.96 Å². The average Bonchev–Trinajstić information content (AvgIpc) is 3.07. The fraction of sp³-hybridized carbons (Fsp3) is 0.938. The molecule has 0 amide bonds. The highest BCUT2D eigenvalue weighted by Crippen LogP contribution is 2.26. The quantitative estimate of drug-likeness (QED) is 0.599. The lowest BCUT2D eigenvalue weighted by atomic mass is 10.1. The molecule has 4 heteroatoms. The van der Waals surface area contributed by atoms with Crippen LogP contribution in [-0.2, 0) is 0 Å². The Morgan fingerprint density at radius 2 is 2.00 bits per heavy atom. The van der Waals surface area contributed by atoms with Crippen LogP contribution in [0.4, 0.5) is 0 Å². The molecule has 116 valence electrons. The van der Waals surface area contributed by atoms with Gasteiger partial charge in [-0.2, -0.15) is 0 Å². The van der Waals surface area contributed by atoms with Gasteiger partial charge in [-0.05, 0) is 31.6 Å². The van der Waals surface area contributed by atoms with Crippen molar-refractivity contribution in [3.8, 4) is 0 Å². The first-order valence-electron chi connectivity index (χ1n) is 8.40. The predicted molar refractivity (Wildman–Crippen MR) is 86.2 cm³/mol. The third-order valence-corrected chi connectivity index (χ3v) is 4.64. The van der Waals surface area contributed by atoms with Gasteiger partial charge in [0.25, 0.3) is 0 Å². The monoisotopic (exact) mass is 280 g/mol. The van der Waals surface area contributed by atoms with Gasteiger partial charge in [-0.3, -0.25) is 9.89 Å². The third-order valence-electron chi connectivity index (χ3n) is 4.64. The van der Waals surface area contributed by atoms with Crippen LogP contribution in [0.3, 0.4) is 0 Å². The van der Waals surface area contributed by atoms with Crippen LogP contribution in [0.5, 0.6) is 0 Å². The smallest absolute Gasteiger partial charge is 0.191 e. The van der Waals surface area contributed by atoms with Gasteiger partial charge >= 0.3 is 0 Å². The first kappa shape index (κ1) is 15.6. The van der Waals surface area contributed by atoms with E-state index >= 15 is 0 Å². The molecular formula is C16H32N4. The highest BCUT2D eigenvalue weighted by atomic mass is 15.3. The van der Waals surface area contributed by atoms with Crippen molar-refractivity contribution in [1.82, 2.24) is 15.5 Å². The molecule has 2 N–H and O–H groups in total. The number of rotatable bonds is 5. The molecule has 0 bridgehead atoms. The Hall–Kier alpha value is -0.770. The van der Waals surface area contributed by atoms with E-state index in [-0.39, 0.29) is 0 Å². The van der Waals surface area contributed by atoms with Gasteiger partial charge in [0.1, 0.15) is 0 Å². The van der Waals surface area contributed by atoms with E-state index in [1.807, 2.05) is 7.05 Å². The number of guanidine groups is 1. The molecule has 1 heterocycles. The highest BCUT2D eigenvalue weighted by Gasteiger charge is 2.30. The molecule has 1 aliphatic carbocycles. The summed E-state index contributed by atoms with van der Waals surface area (Å²) in [6, 6.07) is 1.43. The molecule has 2 rings (SSSR count). The second-order valence-electron chi connectivity index (χ2n) is 6.74. The van der Waals surface area contributed by atoms with Crippen LogP contribution in [0.15, 0.2) is 4.99 Å². The van der Waals surface area contributed by atoms with Gasteiger partial charge < -0.3 is 10.6 Å². The van der Waals surface area contributed by atoms with Crippen molar-refractivity contribution < 1.29 is 0 Å². The minimum Gasteiger partial charge on any atom is -0.356 e. The highest BCUT2D eigenvalue weighted by molar-refractivity contribution is 5.79. The molecule has 1 aliphatic heterocycles. The standard InChI is InChI=1S/C16H32N4/c1-13(2)8-10-18-16(17-3)19-14-9-11-20(12-14)15-6-4-5-7-15/h13-15H,4-12H2,1-3H3,(H2,17,18,19). The Bertz CT molecular complexity index is 308. The van der Waals surface area contributed by atoms with Gasteiger partial charge in [0, 0.05) is 38.8 Å². The molecule has 4 nitrogen and oxygen atoms in total. The summed E-state index contributed by atoms with van der Waals surface area (Å²) in [6.45, 7) is 7.97. The zero-order chi connectivity index (χ0) is 14.4. The number of nitrogens with one attached hydrogen (secondary N) is 2. The number of hydrogen-bond acceptors (Lipinski definition) is 2. The molecule has 0 aromatic rings. The lowest BCUT2D eigenvalue weighted by molar-refractivity contribution is 0.242. The van der Waals surface area contributed by atoms with Crippen LogP contribution in [0, 0.1) is 5.92 Å². The van der Waals surface area contributed by atoms with E-state index in [0.717, 1.165) is 24.5 Å². The first-order valence-corrected chi connectivity index (χ1v) is 8.40. The Kier molecular flexibility index (Phi) is 6.14. The molecule has 0 radical (unpaired) electrons. The van der Waals surface area contributed by atoms with E-state index in [1.165, 1.54) is 51.6 Å². The molecule has 1 atom stereocenters. The summed E-state index contributed by atoms with van der Waals surface area (Å²) < 4.78 is 0. The largest absolute Gasteiger partial charge is 0.356 e. The second-order valence-corrected chi connectivity index (χ2v) is 6.74. The normalized spacial score (nSPS) is 25.6. The van der Waals surface area contributed by atoms with Crippen LogP contribution >= 0.6 is 0 Å². The fourth-order valence-corrected chi connectivity index (χ4v) is 3.37. The molecule has 2 aliphatic rings. The number of likely N-dealkylation sites (tertiary alicyclic amines) is 1. The Balaban J connectivity index is 1.69. The van der Waals surface area contributed by atoms with Gasteiger partial charge in [-0.15, -0.1) is 0 Å². The van der Waals surface area contributed by atoms with Crippen molar-refractivity contribution in [3.63, 3.8) is 0 Å². The summed E-state index contributed by atoms with van der Waals surface area (Å²) in [6.07, 6.45) is 8.12. The Morgan fingerprint density at radius 1 is 1.25 bits per heavy atom. The summed E-state index contributed by atoms with van der Waals surface area (Å²) >= 11 is 0. The zero-order valence-electron chi connectivity index (χ0n) is 13.5. The van der Waals surface area contributed by atoms with E-state index in [2.05, 4.69) is 34.4 Å². The zero-order valence-corrected chi connectivity index (χ0v) is 13.5. The van der Waals surface area contributed by atoms with Crippen molar-refractivity contribution in [2.24, 2.45) is 10.9 Å². The van der Waals surface area contributed by atoms with Crippen LogP contribution in [-0.4, -0.2) is 49.6 Å². The molecule has 0 spiro atoms. The van der Waals surface area contributed by atoms with Crippen molar-refractivity contribution in [2.45, 2.75) is 64.5 Å². The molecule has 2 fully saturated rings. The van der Waals surface area contributed by atoms with E-state index < -0.39 is 0 Å². The summed E-state index contributed by atoms with van der Waals surface area (Å²) in [5.41, 5.74) is 0. The topological polar surface area (TPSA) is 39.7 Å². The summed E-state index contributed by atoms with van der Waals surface area (Å²) in [4.78, 5) is 7.03. The van der Waals surface area contributed by atoms with Crippen LogP contribution in [0.1, 0.15) is 52.4 Å². The van der Waals surface area contributed by atoms with Crippen LogP contribution in [0.2, 0.25) is 0 Å². The maximum Gasteiger partial charge on any atom is 0.191 e. The van der Waals surface area contributed by atoms with Crippen molar-refractivity contribution in [1.29, 1.82) is 0 Å². The molecule has 1 unspecified atom stereocenters. The minimum absolute atomic E-state index is 0.570. The van der Waals surface area contributed by atoms with Crippen molar-refractivity contribution in [2.75, 3.05) is 26.7 Å². The third kappa shape index (κ3) is 4.65. The molecular weight excluding hydrogens is 248 g/mol. The summed E-state index contributed by atoms with van der Waals surface area (Å²) in [7, 11) is 1.87. The Morgan fingerprint density at radius 3 is 2.65 bits per heavy atom. The SMILES string of the molecule is CN=C(NCCC(C)C)NC1CCN(C2CCCC2)C1. The molecule has 1 saturated carbocycles. The average molecular weight is 280 g/mol. The maximum atomic E-state index is 4.35. The molecule has 0 aromatic carbocycles. The molecule has 20 heavy (non-hydrogen) atoms.